The highest BCUT2D eigenvalue weighted by Gasteiger charge is 2.66. The van der Waals surface area contributed by atoms with Gasteiger partial charge in [0.15, 0.2) is 11.5 Å². The lowest BCUT2D eigenvalue weighted by atomic mass is 10.00. The van der Waals surface area contributed by atoms with Gasteiger partial charge in [-0.25, -0.2) is 9.78 Å². The first-order chi connectivity index (χ1) is 16.0. The summed E-state index contributed by atoms with van der Waals surface area (Å²) in [6.45, 7) is 1.80. The van der Waals surface area contributed by atoms with E-state index >= 15 is 0 Å². The van der Waals surface area contributed by atoms with Crippen LogP contribution < -0.4 is 20.1 Å². The van der Waals surface area contributed by atoms with Crippen LogP contribution in [0.3, 0.4) is 0 Å². The number of anilines is 2. The smallest absolute Gasteiger partial charge is 0.421 e. The Morgan fingerprint density at radius 3 is 2.32 bits per heavy atom. The molecule has 0 fully saturated rings. The van der Waals surface area contributed by atoms with Crippen LogP contribution in [0.4, 0.5) is 33.7 Å². The van der Waals surface area contributed by atoms with E-state index in [1.54, 1.807) is 37.3 Å². The molecule has 0 spiro atoms. The monoisotopic (exact) mass is 472 g/mol. The molecule has 0 saturated heterocycles. The second-order valence-electron chi connectivity index (χ2n) is 7.49. The van der Waals surface area contributed by atoms with E-state index in [4.69, 9.17) is 11.0 Å². The van der Waals surface area contributed by atoms with Crippen LogP contribution in [-0.4, -0.2) is 23.2 Å². The van der Waals surface area contributed by atoms with Crippen LogP contribution in [0.25, 0.3) is 0 Å². The summed E-state index contributed by atoms with van der Waals surface area (Å²) in [7, 11) is 0. The van der Waals surface area contributed by atoms with Crippen molar-refractivity contribution in [2.24, 2.45) is 5.73 Å². The van der Waals surface area contributed by atoms with Gasteiger partial charge in [0, 0.05) is 12.3 Å². The van der Waals surface area contributed by atoms with Crippen molar-refractivity contribution >= 4 is 17.4 Å². The molecule has 11 heteroatoms. The number of urea groups is 1. The fraction of sp³-hybridized carbons (Fsp3) is 0.174. The maximum absolute atomic E-state index is 13.6. The van der Waals surface area contributed by atoms with Gasteiger partial charge in [-0.15, -0.1) is 0 Å². The lowest BCUT2D eigenvalue weighted by Crippen LogP contribution is -2.52. The number of amides is 2. The standard InChI is InChI=1S/C23H16F4N4O3/c1-13-8-17(3-2-15(13)9-14-6-7-30-16(10-14)12-28)31(21(29)32)18-4-5-19-20(11-18)34-23(26,27)22(24,25)33-19/h2-8,10-11H,9H2,1H3,(H2,29,32). The van der Waals surface area contributed by atoms with Gasteiger partial charge >= 0.3 is 18.2 Å². The lowest BCUT2D eigenvalue weighted by molar-refractivity contribution is -0.391. The molecular weight excluding hydrogens is 456 g/mol. The quantitative estimate of drug-likeness (QED) is 0.537. The highest BCUT2D eigenvalue weighted by atomic mass is 19.3. The number of carbonyl (C=O) groups is 1. The van der Waals surface area contributed by atoms with Gasteiger partial charge in [-0.2, -0.15) is 22.8 Å². The molecule has 1 aliphatic rings. The van der Waals surface area contributed by atoms with Crippen molar-refractivity contribution in [3.63, 3.8) is 0 Å². The van der Waals surface area contributed by atoms with E-state index in [0.29, 0.717) is 12.1 Å². The summed E-state index contributed by atoms with van der Waals surface area (Å²) in [5.74, 6) is -1.27. The molecule has 174 valence electrons. The van der Waals surface area contributed by atoms with Crippen molar-refractivity contribution in [3.05, 3.63) is 77.1 Å². The minimum Gasteiger partial charge on any atom is -0.421 e. The highest BCUT2D eigenvalue weighted by Crippen LogP contribution is 2.48. The zero-order chi connectivity index (χ0) is 24.7. The number of hydrogen-bond acceptors (Lipinski definition) is 5. The maximum atomic E-state index is 13.6. The molecule has 1 aromatic heterocycles. The number of aryl methyl sites for hydroxylation is 1. The van der Waals surface area contributed by atoms with Gasteiger partial charge < -0.3 is 15.2 Å². The lowest BCUT2D eigenvalue weighted by Gasteiger charge is -2.32. The minimum atomic E-state index is -4.90. The second kappa shape index (κ2) is 8.22. The fourth-order valence-electron chi connectivity index (χ4n) is 3.48. The number of hydrogen-bond donors (Lipinski definition) is 1. The summed E-state index contributed by atoms with van der Waals surface area (Å²) < 4.78 is 62.2. The molecule has 0 bridgehead atoms. The van der Waals surface area contributed by atoms with Crippen LogP contribution in [0.1, 0.15) is 22.4 Å². The Morgan fingerprint density at radius 1 is 1.03 bits per heavy atom. The second-order valence-corrected chi connectivity index (χ2v) is 7.49. The van der Waals surface area contributed by atoms with Gasteiger partial charge in [0.1, 0.15) is 11.8 Å². The third-order valence-corrected chi connectivity index (χ3v) is 5.14. The molecule has 0 aliphatic carbocycles. The van der Waals surface area contributed by atoms with Crippen molar-refractivity contribution in [2.75, 3.05) is 4.90 Å². The summed E-state index contributed by atoms with van der Waals surface area (Å²) >= 11 is 0. The third-order valence-electron chi connectivity index (χ3n) is 5.14. The predicted molar refractivity (Wildman–Crippen MR) is 112 cm³/mol. The molecule has 0 unspecified atom stereocenters. The number of nitrogens with two attached hydrogens (primary N) is 1. The fourth-order valence-corrected chi connectivity index (χ4v) is 3.48. The number of fused-ring (bicyclic) bond motifs is 1. The van der Waals surface area contributed by atoms with Crippen LogP contribution >= 0.6 is 0 Å². The van der Waals surface area contributed by atoms with E-state index in [-0.39, 0.29) is 11.4 Å². The van der Waals surface area contributed by atoms with Crippen LogP contribution in [0.15, 0.2) is 54.7 Å². The average Bonchev–Trinajstić information content (AvgIpc) is 2.76. The molecule has 4 rings (SSSR count). The number of pyridine rings is 1. The van der Waals surface area contributed by atoms with Crippen LogP contribution in [0, 0.1) is 18.3 Å². The van der Waals surface area contributed by atoms with Crippen molar-refractivity contribution in [2.45, 2.75) is 25.6 Å². The zero-order valence-corrected chi connectivity index (χ0v) is 17.6. The number of halogens is 4. The van der Waals surface area contributed by atoms with E-state index < -0.39 is 29.7 Å². The number of nitriles is 1. The Bertz CT molecular complexity index is 1320. The van der Waals surface area contributed by atoms with E-state index in [1.807, 2.05) is 6.07 Å². The summed E-state index contributed by atoms with van der Waals surface area (Å²) in [4.78, 5) is 17.2. The first-order valence-corrected chi connectivity index (χ1v) is 9.82. The van der Waals surface area contributed by atoms with Crippen molar-refractivity contribution < 1.29 is 31.8 Å². The van der Waals surface area contributed by atoms with Gasteiger partial charge in [-0.05, 0) is 66.4 Å². The van der Waals surface area contributed by atoms with Gasteiger partial charge in [0.2, 0.25) is 0 Å². The SMILES string of the molecule is Cc1cc(N(C(N)=O)c2ccc3c(c2)OC(F)(F)C(F)(F)O3)ccc1Cc1ccnc(C#N)c1. The number of benzene rings is 2. The van der Waals surface area contributed by atoms with Crippen molar-refractivity contribution in [1.29, 1.82) is 5.26 Å². The molecule has 2 heterocycles. The third kappa shape index (κ3) is 4.17. The normalized spacial score (nSPS) is 15.3. The molecule has 2 aromatic carbocycles. The van der Waals surface area contributed by atoms with Gasteiger partial charge in [-0.3, -0.25) is 4.90 Å². The van der Waals surface area contributed by atoms with E-state index in [0.717, 1.165) is 33.7 Å². The Morgan fingerprint density at radius 2 is 1.68 bits per heavy atom. The zero-order valence-electron chi connectivity index (χ0n) is 17.6. The molecule has 2 N–H and O–H groups in total. The molecule has 2 amide bonds. The summed E-state index contributed by atoms with van der Waals surface area (Å²) in [5, 5.41) is 9.01. The summed E-state index contributed by atoms with van der Waals surface area (Å²) in [5.41, 5.74) is 8.67. The number of alkyl halides is 4. The molecule has 7 nitrogen and oxygen atoms in total. The minimum absolute atomic E-state index is 0.0100. The molecular formula is C23H16F4N4O3. The Balaban J connectivity index is 1.65. The number of rotatable bonds is 4. The van der Waals surface area contributed by atoms with Crippen LogP contribution in [0.5, 0.6) is 11.5 Å². The first-order valence-electron chi connectivity index (χ1n) is 9.82. The van der Waals surface area contributed by atoms with E-state index in [9.17, 15) is 22.4 Å². The predicted octanol–water partition coefficient (Wildman–Crippen LogP) is 5.03. The summed E-state index contributed by atoms with van der Waals surface area (Å²) in [6.07, 6.45) is -7.71. The van der Waals surface area contributed by atoms with Gasteiger partial charge in [0.25, 0.3) is 0 Å². The molecule has 0 radical (unpaired) electrons. The Hall–Kier alpha value is -4.33. The number of nitrogens with zero attached hydrogens (tertiary/aromatic N) is 3. The first kappa shape index (κ1) is 22.8. The van der Waals surface area contributed by atoms with E-state index in [1.165, 1.54) is 12.3 Å². The molecule has 34 heavy (non-hydrogen) atoms. The van der Waals surface area contributed by atoms with Crippen molar-refractivity contribution in [3.8, 4) is 17.6 Å². The molecule has 1 aliphatic heterocycles. The molecule has 0 atom stereocenters. The highest BCUT2D eigenvalue weighted by molar-refractivity contribution is 5.98. The van der Waals surface area contributed by atoms with Crippen LogP contribution in [0.2, 0.25) is 0 Å². The van der Waals surface area contributed by atoms with Crippen molar-refractivity contribution in [1.82, 2.24) is 4.98 Å². The number of ether oxygens (including phenoxy) is 2. The largest absolute Gasteiger partial charge is 0.507 e. The molecule has 0 saturated carbocycles. The number of carbonyl (C=O) groups excluding carboxylic acids is 1. The average molecular weight is 472 g/mol. The maximum Gasteiger partial charge on any atom is 0.507 e. The van der Waals surface area contributed by atoms with E-state index in [2.05, 4.69) is 14.5 Å². The number of aromatic nitrogens is 1. The summed E-state index contributed by atoms with van der Waals surface area (Å²) in [6, 6.07) is 12.7. The Labute approximate surface area is 190 Å². The number of primary amides is 1. The Kier molecular flexibility index (Phi) is 5.53. The topological polar surface area (TPSA) is 101 Å². The van der Waals surface area contributed by atoms with Gasteiger partial charge in [-0.1, -0.05) is 6.07 Å². The van der Waals surface area contributed by atoms with Crippen LogP contribution in [-0.2, 0) is 6.42 Å². The molecule has 3 aromatic rings. The van der Waals surface area contributed by atoms with Gasteiger partial charge in [0.05, 0.1) is 11.4 Å².